The summed E-state index contributed by atoms with van der Waals surface area (Å²) in [4.78, 5) is 19.0. The number of aromatic nitrogens is 2. The topological polar surface area (TPSA) is 37.6 Å². The van der Waals surface area contributed by atoms with Gasteiger partial charge >= 0.3 is 0 Å². The van der Waals surface area contributed by atoms with Crippen LogP contribution in [-0.4, -0.2) is 21.8 Å². The smallest absolute Gasteiger partial charge is 0.259 e. The molecule has 0 fully saturated rings. The summed E-state index contributed by atoms with van der Waals surface area (Å²) in [5.41, 5.74) is 4.52. The molecule has 0 bridgehead atoms. The number of hydrogen-bond donors (Lipinski definition) is 0. The van der Waals surface area contributed by atoms with Crippen LogP contribution < -0.4 is 4.90 Å². The van der Waals surface area contributed by atoms with Gasteiger partial charge in [0.1, 0.15) is 5.65 Å². The molecule has 0 aliphatic heterocycles. The van der Waals surface area contributed by atoms with Crippen molar-refractivity contribution in [3.63, 3.8) is 0 Å². The Hall–Kier alpha value is -2.62. The Bertz CT molecular complexity index is 835. The Morgan fingerprint density at radius 2 is 2.00 bits per heavy atom. The van der Waals surface area contributed by atoms with Crippen LogP contribution in [0.4, 0.5) is 5.69 Å². The van der Waals surface area contributed by atoms with E-state index in [1.807, 2.05) is 74.0 Å². The van der Waals surface area contributed by atoms with Crippen molar-refractivity contribution in [2.24, 2.45) is 0 Å². The molecule has 112 valence electrons. The lowest BCUT2D eigenvalue weighted by molar-refractivity contribution is 0.0988. The van der Waals surface area contributed by atoms with Gasteiger partial charge in [0.2, 0.25) is 0 Å². The lowest BCUT2D eigenvalue weighted by Gasteiger charge is -2.21. The fourth-order valence-electron chi connectivity index (χ4n) is 2.64. The molecule has 2 aromatic heterocycles. The third-order valence-electron chi connectivity index (χ3n) is 3.69. The third kappa shape index (κ3) is 2.60. The number of rotatable bonds is 3. The van der Waals surface area contributed by atoms with Crippen LogP contribution >= 0.6 is 0 Å². The first-order valence-electron chi connectivity index (χ1n) is 7.42. The van der Waals surface area contributed by atoms with E-state index in [2.05, 4.69) is 4.98 Å². The van der Waals surface area contributed by atoms with Gasteiger partial charge in [-0.1, -0.05) is 12.1 Å². The molecule has 0 aliphatic carbocycles. The highest BCUT2D eigenvalue weighted by Gasteiger charge is 2.17. The molecule has 0 saturated carbocycles. The summed E-state index contributed by atoms with van der Waals surface area (Å²) >= 11 is 0. The molecule has 4 heteroatoms. The molecule has 4 nitrogen and oxygen atoms in total. The van der Waals surface area contributed by atoms with E-state index in [-0.39, 0.29) is 5.91 Å². The fraction of sp³-hybridized carbons (Fsp3) is 0.222. The zero-order chi connectivity index (χ0) is 15.7. The summed E-state index contributed by atoms with van der Waals surface area (Å²) in [6.07, 6.45) is 3.77. The number of amides is 1. The van der Waals surface area contributed by atoms with Crippen molar-refractivity contribution in [3.05, 3.63) is 65.6 Å². The highest BCUT2D eigenvalue weighted by molar-refractivity contribution is 6.06. The molecule has 2 heterocycles. The molecule has 0 saturated heterocycles. The summed E-state index contributed by atoms with van der Waals surface area (Å²) in [5.74, 6) is 0.00125. The molecule has 0 unspecified atom stereocenters. The third-order valence-corrected chi connectivity index (χ3v) is 3.69. The molecule has 0 spiro atoms. The highest BCUT2D eigenvalue weighted by Crippen LogP contribution is 2.19. The summed E-state index contributed by atoms with van der Waals surface area (Å²) in [6.45, 7) is 6.59. The van der Waals surface area contributed by atoms with E-state index < -0.39 is 0 Å². The summed E-state index contributed by atoms with van der Waals surface area (Å²) < 4.78 is 1.90. The monoisotopic (exact) mass is 293 g/mol. The van der Waals surface area contributed by atoms with Gasteiger partial charge in [0.25, 0.3) is 5.91 Å². The molecular weight excluding hydrogens is 274 g/mol. The predicted octanol–water partition coefficient (Wildman–Crippen LogP) is 3.62. The number of aryl methyl sites for hydroxylation is 2. The van der Waals surface area contributed by atoms with E-state index >= 15 is 0 Å². The van der Waals surface area contributed by atoms with Crippen LogP contribution in [0.25, 0.3) is 5.65 Å². The van der Waals surface area contributed by atoms with E-state index in [0.29, 0.717) is 12.1 Å². The second-order valence-corrected chi connectivity index (χ2v) is 5.45. The standard InChI is InChI=1S/C18H19N3O/c1-4-21(16-7-5-6-13(2)10-16)18(22)15-8-9-17-19-14(3)11-20(17)12-15/h5-12H,4H2,1-3H3. The quantitative estimate of drug-likeness (QED) is 0.739. The second kappa shape index (κ2) is 5.64. The second-order valence-electron chi connectivity index (χ2n) is 5.45. The molecule has 1 amide bonds. The molecule has 1 aromatic carbocycles. The van der Waals surface area contributed by atoms with Gasteiger partial charge in [0.15, 0.2) is 0 Å². The van der Waals surface area contributed by atoms with Crippen LogP contribution in [0.1, 0.15) is 28.5 Å². The average Bonchev–Trinajstić information content (AvgIpc) is 2.87. The molecule has 3 aromatic rings. The van der Waals surface area contributed by atoms with Crippen molar-refractivity contribution in [2.45, 2.75) is 20.8 Å². The number of imidazole rings is 1. The van der Waals surface area contributed by atoms with Crippen molar-refractivity contribution in [3.8, 4) is 0 Å². The summed E-state index contributed by atoms with van der Waals surface area (Å²) in [6, 6.07) is 11.7. The van der Waals surface area contributed by atoms with Gasteiger partial charge in [-0.15, -0.1) is 0 Å². The van der Waals surface area contributed by atoms with E-state index in [9.17, 15) is 4.79 Å². The molecular formula is C18H19N3O. The van der Waals surface area contributed by atoms with Crippen molar-refractivity contribution in [1.82, 2.24) is 9.38 Å². The zero-order valence-corrected chi connectivity index (χ0v) is 13.1. The van der Waals surface area contributed by atoms with Gasteiger partial charge in [-0.3, -0.25) is 4.79 Å². The first kappa shape index (κ1) is 14.3. The lowest BCUT2D eigenvalue weighted by atomic mass is 10.2. The largest absolute Gasteiger partial charge is 0.309 e. The Kier molecular flexibility index (Phi) is 3.67. The average molecular weight is 293 g/mol. The van der Waals surface area contributed by atoms with Gasteiger partial charge < -0.3 is 9.30 Å². The number of hydrogen-bond acceptors (Lipinski definition) is 2. The summed E-state index contributed by atoms with van der Waals surface area (Å²) in [7, 11) is 0. The number of pyridine rings is 1. The minimum absolute atomic E-state index is 0.00125. The Balaban J connectivity index is 1.98. The van der Waals surface area contributed by atoms with E-state index in [1.54, 1.807) is 4.90 Å². The van der Waals surface area contributed by atoms with Crippen molar-refractivity contribution < 1.29 is 4.79 Å². The number of carbonyl (C=O) groups excluding carboxylic acids is 1. The first-order chi connectivity index (χ1) is 10.6. The minimum atomic E-state index is 0.00125. The molecule has 0 N–H and O–H groups in total. The van der Waals surface area contributed by atoms with Crippen LogP contribution in [0.15, 0.2) is 48.8 Å². The molecule has 3 rings (SSSR count). The van der Waals surface area contributed by atoms with Crippen molar-refractivity contribution >= 4 is 17.2 Å². The minimum Gasteiger partial charge on any atom is -0.309 e. The van der Waals surface area contributed by atoms with Crippen LogP contribution in [0, 0.1) is 13.8 Å². The molecule has 0 radical (unpaired) electrons. The number of fused-ring (bicyclic) bond motifs is 1. The van der Waals surface area contributed by atoms with Crippen LogP contribution in [0.5, 0.6) is 0 Å². The van der Waals surface area contributed by atoms with Gasteiger partial charge in [-0.25, -0.2) is 4.98 Å². The maximum Gasteiger partial charge on any atom is 0.259 e. The number of nitrogens with zero attached hydrogens (tertiary/aromatic N) is 3. The molecule has 22 heavy (non-hydrogen) atoms. The Morgan fingerprint density at radius 3 is 2.73 bits per heavy atom. The SMILES string of the molecule is CCN(C(=O)c1ccc2nc(C)cn2c1)c1cccc(C)c1. The number of benzene rings is 1. The first-order valence-corrected chi connectivity index (χ1v) is 7.42. The van der Waals surface area contributed by atoms with Gasteiger partial charge in [0.05, 0.1) is 11.3 Å². The Morgan fingerprint density at radius 1 is 1.18 bits per heavy atom. The van der Waals surface area contributed by atoms with Crippen LogP contribution in [0.3, 0.4) is 0 Å². The summed E-state index contributed by atoms with van der Waals surface area (Å²) in [5, 5.41) is 0. The fourth-order valence-corrected chi connectivity index (χ4v) is 2.64. The van der Waals surface area contributed by atoms with E-state index in [4.69, 9.17) is 0 Å². The number of carbonyl (C=O) groups is 1. The molecule has 0 atom stereocenters. The van der Waals surface area contributed by atoms with E-state index in [1.165, 1.54) is 0 Å². The van der Waals surface area contributed by atoms with Gasteiger partial charge in [0, 0.05) is 24.6 Å². The van der Waals surface area contributed by atoms with Gasteiger partial charge in [-0.2, -0.15) is 0 Å². The highest BCUT2D eigenvalue weighted by atomic mass is 16.2. The van der Waals surface area contributed by atoms with Gasteiger partial charge in [-0.05, 0) is 50.6 Å². The van der Waals surface area contributed by atoms with E-state index in [0.717, 1.165) is 22.6 Å². The van der Waals surface area contributed by atoms with Crippen LogP contribution in [-0.2, 0) is 0 Å². The normalized spacial score (nSPS) is 10.9. The predicted molar refractivity (Wildman–Crippen MR) is 88.5 cm³/mol. The maximum absolute atomic E-state index is 12.8. The zero-order valence-electron chi connectivity index (χ0n) is 13.1. The lowest BCUT2D eigenvalue weighted by Crippen LogP contribution is -2.30. The number of anilines is 1. The van der Waals surface area contributed by atoms with Crippen molar-refractivity contribution in [1.29, 1.82) is 0 Å². The molecule has 0 aliphatic rings. The van der Waals surface area contributed by atoms with Crippen LogP contribution in [0.2, 0.25) is 0 Å². The maximum atomic E-state index is 12.8. The van der Waals surface area contributed by atoms with Crippen molar-refractivity contribution in [2.75, 3.05) is 11.4 Å². The Labute approximate surface area is 130 Å².